The van der Waals surface area contributed by atoms with E-state index in [1.807, 2.05) is 36.7 Å². The first kappa shape index (κ1) is 12.8. The fourth-order valence-corrected chi connectivity index (χ4v) is 2.64. The van der Waals surface area contributed by atoms with E-state index in [4.69, 9.17) is 0 Å². The highest BCUT2D eigenvalue weighted by Crippen LogP contribution is 2.28. The highest BCUT2D eigenvalue weighted by molar-refractivity contribution is 5.75. The molecule has 0 spiro atoms. The zero-order valence-corrected chi connectivity index (χ0v) is 11.2. The van der Waals surface area contributed by atoms with Gasteiger partial charge >= 0.3 is 0 Å². The van der Waals surface area contributed by atoms with Crippen LogP contribution < -0.4 is 10.2 Å². The van der Waals surface area contributed by atoms with Gasteiger partial charge < -0.3 is 10.2 Å². The number of nitrogens with one attached hydrogen (secondary N) is 1. The van der Waals surface area contributed by atoms with E-state index < -0.39 is 0 Å². The molecule has 0 bridgehead atoms. The van der Waals surface area contributed by atoms with Gasteiger partial charge in [0.05, 0.1) is 6.04 Å². The van der Waals surface area contributed by atoms with E-state index >= 15 is 0 Å². The van der Waals surface area contributed by atoms with Crippen LogP contribution in [0.1, 0.15) is 22.0 Å². The molecule has 1 unspecified atom stereocenters. The smallest absolute Gasteiger partial charge is 0.150 e. The Morgan fingerprint density at radius 2 is 1.90 bits per heavy atom. The Morgan fingerprint density at radius 3 is 2.60 bits per heavy atom. The van der Waals surface area contributed by atoms with Crippen LogP contribution in [0.15, 0.2) is 48.8 Å². The Bertz CT molecular complexity index is 568. The SMILES string of the molecule is O=Cc1ccc(N2CCNCC2c2ccncc2)cc1. The topological polar surface area (TPSA) is 45.2 Å². The molecule has 1 aliphatic rings. The van der Waals surface area contributed by atoms with E-state index in [1.165, 1.54) is 5.56 Å². The monoisotopic (exact) mass is 267 g/mol. The lowest BCUT2D eigenvalue weighted by molar-refractivity contribution is 0.112. The molecule has 0 amide bonds. The minimum atomic E-state index is 0.300. The van der Waals surface area contributed by atoms with Crippen molar-refractivity contribution in [3.05, 3.63) is 59.9 Å². The summed E-state index contributed by atoms with van der Waals surface area (Å²) in [5.41, 5.74) is 3.12. The number of hydrogen-bond acceptors (Lipinski definition) is 4. The van der Waals surface area contributed by atoms with Crippen molar-refractivity contribution in [2.75, 3.05) is 24.5 Å². The van der Waals surface area contributed by atoms with Crippen molar-refractivity contribution in [3.63, 3.8) is 0 Å². The summed E-state index contributed by atoms with van der Waals surface area (Å²) in [6.45, 7) is 2.84. The molecule has 1 N–H and O–H groups in total. The van der Waals surface area contributed by atoms with Gasteiger partial charge in [0.1, 0.15) is 6.29 Å². The number of piperazine rings is 1. The van der Waals surface area contributed by atoms with E-state index in [9.17, 15) is 4.79 Å². The van der Waals surface area contributed by atoms with Crippen molar-refractivity contribution in [2.24, 2.45) is 0 Å². The lowest BCUT2D eigenvalue weighted by Gasteiger charge is -2.38. The molecule has 1 aliphatic heterocycles. The van der Waals surface area contributed by atoms with Crippen LogP contribution in [0, 0.1) is 0 Å². The van der Waals surface area contributed by atoms with E-state index in [0.717, 1.165) is 31.6 Å². The second kappa shape index (κ2) is 5.84. The second-order valence-electron chi connectivity index (χ2n) is 4.90. The maximum absolute atomic E-state index is 10.7. The summed E-state index contributed by atoms with van der Waals surface area (Å²) >= 11 is 0. The number of benzene rings is 1. The van der Waals surface area contributed by atoms with E-state index in [0.29, 0.717) is 11.6 Å². The molecule has 2 heterocycles. The fraction of sp³-hybridized carbons (Fsp3) is 0.250. The Morgan fingerprint density at radius 1 is 1.15 bits per heavy atom. The van der Waals surface area contributed by atoms with E-state index in [2.05, 4.69) is 27.3 Å². The molecule has 4 nitrogen and oxygen atoms in total. The van der Waals surface area contributed by atoms with Crippen LogP contribution in [0.5, 0.6) is 0 Å². The summed E-state index contributed by atoms with van der Waals surface area (Å²) in [6.07, 6.45) is 4.54. The van der Waals surface area contributed by atoms with Gasteiger partial charge in [0.2, 0.25) is 0 Å². The van der Waals surface area contributed by atoms with Gasteiger partial charge in [-0.15, -0.1) is 0 Å². The molecule has 1 aromatic carbocycles. The zero-order chi connectivity index (χ0) is 13.8. The predicted octanol–water partition coefficient (Wildman–Crippen LogP) is 2.04. The van der Waals surface area contributed by atoms with Crippen molar-refractivity contribution in [1.82, 2.24) is 10.3 Å². The standard InChI is InChI=1S/C16H17N3O/c20-12-13-1-3-15(4-2-13)19-10-9-18-11-16(19)14-5-7-17-8-6-14/h1-8,12,16,18H,9-11H2. The minimum Gasteiger partial charge on any atom is -0.362 e. The molecule has 0 aliphatic carbocycles. The van der Waals surface area contributed by atoms with Crippen molar-refractivity contribution in [2.45, 2.75) is 6.04 Å². The Balaban J connectivity index is 1.90. The van der Waals surface area contributed by atoms with Gasteiger partial charge in [0.15, 0.2) is 0 Å². The van der Waals surface area contributed by atoms with Crippen molar-refractivity contribution in [1.29, 1.82) is 0 Å². The molecular weight excluding hydrogens is 250 g/mol. The maximum Gasteiger partial charge on any atom is 0.150 e. The molecule has 102 valence electrons. The van der Waals surface area contributed by atoms with Crippen LogP contribution in [0.3, 0.4) is 0 Å². The van der Waals surface area contributed by atoms with Crippen LogP contribution in [0.2, 0.25) is 0 Å². The summed E-state index contributed by atoms with van der Waals surface area (Å²) in [7, 11) is 0. The summed E-state index contributed by atoms with van der Waals surface area (Å²) in [6, 6.07) is 12.2. The van der Waals surface area contributed by atoms with Gasteiger partial charge in [-0.3, -0.25) is 9.78 Å². The van der Waals surface area contributed by atoms with Gasteiger partial charge in [-0.2, -0.15) is 0 Å². The van der Waals surface area contributed by atoms with Crippen LogP contribution in [-0.2, 0) is 0 Å². The largest absolute Gasteiger partial charge is 0.362 e. The number of aldehydes is 1. The quantitative estimate of drug-likeness (QED) is 0.864. The second-order valence-corrected chi connectivity index (χ2v) is 4.90. The first-order valence-corrected chi connectivity index (χ1v) is 6.81. The number of hydrogen-bond donors (Lipinski definition) is 1. The summed E-state index contributed by atoms with van der Waals surface area (Å²) in [5.74, 6) is 0. The van der Waals surface area contributed by atoms with E-state index in [1.54, 1.807) is 0 Å². The first-order chi connectivity index (χ1) is 9.88. The Hall–Kier alpha value is -2.20. The van der Waals surface area contributed by atoms with Crippen molar-refractivity contribution < 1.29 is 4.79 Å². The van der Waals surface area contributed by atoms with Crippen LogP contribution >= 0.6 is 0 Å². The van der Waals surface area contributed by atoms with Crippen molar-refractivity contribution >= 4 is 12.0 Å². The van der Waals surface area contributed by atoms with E-state index in [-0.39, 0.29) is 0 Å². The maximum atomic E-state index is 10.7. The number of carbonyl (C=O) groups is 1. The average Bonchev–Trinajstić information content (AvgIpc) is 2.56. The zero-order valence-electron chi connectivity index (χ0n) is 11.2. The van der Waals surface area contributed by atoms with Gasteiger partial charge in [0, 0.05) is 43.3 Å². The first-order valence-electron chi connectivity index (χ1n) is 6.81. The average molecular weight is 267 g/mol. The Kier molecular flexibility index (Phi) is 3.74. The molecule has 20 heavy (non-hydrogen) atoms. The summed E-state index contributed by atoms with van der Waals surface area (Å²) in [5, 5.41) is 3.44. The molecular formula is C16H17N3O. The Labute approximate surface area is 118 Å². The molecule has 1 aromatic heterocycles. The predicted molar refractivity (Wildman–Crippen MR) is 79.0 cm³/mol. The minimum absolute atomic E-state index is 0.300. The summed E-state index contributed by atoms with van der Waals surface area (Å²) < 4.78 is 0. The fourth-order valence-electron chi connectivity index (χ4n) is 2.64. The molecule has 1 atom stereocenters. The van der Waals surface area contributed by atoms with Gasteiger partial charge in [-0.25, -0.2) is 0 Å². The molecule has 4 heteroatoms. The molecule has 0 radical (unpaired) electrons. The van der Waals surface area contributed by atoms with Crippen LogP contribution in [-0.4, -0.2) is 30.9 Å². The third kappa shape index (κ3) is 2.56. The van der Waals surface area contributed by atoms with Crippen LogP contribution in [0.25, 0.3) is 0 Å². The highest BCUT2D eigenvalue weighted by atomic mass is 16.1. The van der Waals surface area contributed by atoms with Gasteiger partial charge in [-0.05, 0) is 42.0 Å². The number of pyridine rings is 1. The number of carbonyl (C=O) groups excluding carboxylic acids is 1. The number of aromatic nitrogens is 1. The third-order valence-corrected chi connectivity index (χ3v) is 3.70. The highest BCUT2D eigenvalue weighted by Gasteiger charge is 2.23. The van der Waals surface area contributed by atoms with Gasteiger partial charge in [-0.1, -0.05) is 0 Å². The molecule has 1 fully saturated rings. The molecule has 1 saturated heterocycles. The van der Waals surface area contributed by atoms with Gasteiger partial charge in [0.25, 0.3) is 0 Å². The molecule has 2 aromatic rings. The summed E-state index contributed by atoms with van der Waals surface area (Å²) in [4.78, 5) is 17.2. The lowest BCUT2D eigenvalue weighted by atomic mass is 10.0. The normalized spacial score (nSPS) is 18.8. The number of nitrogens with zero attached hydrogens (tertiary/aromatic N) is 2. The van der Waals surface area contributed by atoms with Crippen LogP contribution in [0.4, 0.5) is 5.69 Å². The van der Waals surface area contributed by atoms with Crippen molar-refractivity contribution in [3.8, 4) is 0 Å². The number of rotatable bonds is 3. The molecule has 3 rings (SSSR count). The lowest BCUT2D eigenvalue weighted by Crippen LogP contribution is -2.46. The third-order valence-electron chi connectivity index (χ3n) is 3.70. The number of anilines is 1. The molecule has 0 saturated carbocycles.